The molecule has 1 aromatic heterocycles. The predicted octanol–water partition coefficient (Wildman–Crippen LogP) is 4.86. The molecule has 0 bridgehead atoms. The van der Waals surface area contributed by atoms with Gasteiger partial charge < -0.3 is 10.6 Å². The molecule has 1 heterocycles. The Morgan fingerprint density at radius 3 is 2.71 bits per heavy atom. The van der Waals surface area contributed by atoms with Crippen LogP contribution in [0.1, 0.15) is 37.7 Å². The van der Waals surface area contributed by atoms with E-state index in [2.05, 4.69) is 15.7 Å². The minimum atomic E-state index is 0.483. The molecule has 1 fully saturated rings. The van der Waals surface area contributed by atoms with Gasteiger partial charge >= 0.3 is 0 Å². The van der Waals surface area contributed by atoms with Gasteiger partial charge in [-0.2, -0.15) is 5.10 Å². The lowest BCUT2D eigenvalue weighted by molar-refractivity contribution is 0.415. The van der Waals surface area contributed by atoms with Crippen molar-refractivity contribution in [3.8, 4) is 0 Å². The fraction of sp³-hybridized carbons (Fsp3) is 0.412. The minimum absolute atomic E-state index is 0.483. The van der Waals surface area contributed by atoms with Crippen molar-refractivity contribution in [1.82, 2.24) is 15.1 Å². The second-order valence-electron chi connectivity index (χ2n) is 6.08. The topological polar surface area (TPSA) is 41.9 Å². The first-order valence-electron chi connectivity index (χ1n) is 8.15. The van der Waals surface area contributed by atoms with Crippen LogP contribution in [-0.4, -0.2) is 20.9 Å². The maximum absolute atomic E-state index is 6.05. The molecule has 128 valence electrons. The highest BCUT2D eigenvalue weighted by atomic mass is 35.5. The Labute approximate surface area is 157 Å². The van der Waals surface area contributed by atoms with E-state index in [1.54, 1.807) is 6.07 Å². The Hall–Kier alpha value is -1.30. The molecule has 1 aliphatic carbocycles. The van der Waals surface area contributed by atoms with E-state index in [0.717, 1.165) is 11.4 Å². The number of rotatable bonds is 4. The molecule has 0 unspecified atom stereocenters. The van der Waals surface area contributed by atoms with Crippen molar-refractivity contribution in [1.29, 1.82) is 0 Å². The van der Waals surface area contributed by atoms with Crippen LogP contribution >= 0.6 is 35.4 Å². The predicted molar refractivity (Wildman–Crippen MR) is 104 cm³/mol. The summed E-state index contributed by atoms with van der Waals surface area (Å²) in [7, 11) is 0. The number of aromatic nitrogens is 2. The van der Waals surface area contributed by atoms with Crippen LogP contribution in [0.4, 0.5) is 5.82 Å². The Bertz CT molecular complexity index is 710. The van der Waals surface area contributed by atoms with Crippen LogP contribution in [-0.2, 0) is 6.54 Å². The van der Waals surface area contributed by atoms with E-state index >= 15 is 0 Å². The summed E-state index contributed by atoms with van der Waals surface area (Å²) in [6, 6.07) is 7.99. The van der Waals surface area contributed by atoms with E-state index in [1.165, 1.54) is 32.1 Å². The molecule has 1 aliphatic rings. The summed E-state index contributed by atoms with van der Waals surface area (Å²) in [5.74, 6) is 0.739. The van der Waals surface area contributed by atoms with Crippen molar-refractivity contribution in [2.24, 2.45) is 0 Å². The van der Waals surface area contributed by atoms with Crippen LogP contribution in [0.5, 0.6) is 0 Å². The number of anilines is 1. The minimum Gasteiger partial charge on any atom is -0.360 e. The highest BCUT2D eigenvalue weighted by Gasteiger charge is 2.14. The fourth-order valence-corrected chi connectivity index (χ4v) is 3.52. The van der Waals surface area contributed by atoms with Gasteiger partial charge in [-0.25, -0.2) is 0 Å². The van der Waals surface area contributed by atoms with Crippen molar-refractivity contribution >= 4 is 46.4 Å². The zero-order valence-electron chi connectivity index (χ0n) is 13.3. The molecule has 0 radical (unpaired) electrons. The summed E-state index contributed by atoms with van der Waals surface area (Å²) in [5.41, 5.74) is 1.04. The second kappa shape index (κ2) is 8.19. The average Bonchev–Trinajstić information content (AvgIpc) is 2.98. The Morgan fingerprint density at radius 2 is 1.96 bits per heavy atom. The van der Waals surface area contributed by atoms with Gasteiger partial charge in [0.25, 0.3) is 0 Å². The lowest BCUT2D eigenvalue weighted by Crippen LogP contribution is -2.38. The lowest BCUT2D eigenvalue weighted by Gasteiger charge is -2.24. The van der Waals surface area contributed by atoms with Gasteiger partial charge in [0.15, 0.2) is 10.9 Å². The largest absolute Gasteiger partial charge is 0.360 e. The highest BCUT2D eigenvalue weighted by molar-refractivity contribution is 7.80. The third-order valence-electron chi connectivity index (χ3n) is 4.15. The zero-order chi connectivity index (χ0) is 16.9. The van der Waals surface area contributed by atoms with Crippen molar-refractivity contribution in [2.75, 3.05) is 5.32 Å². The number of hydrogen-bond donors (Lipinski definition) is 2. The molecular weight excluding hydrogens is 363 g/mol. The third kappa shape index (κ3) is 4.85. The summed E-state index contributed by atoms with van der Waals surface area (Å²) in [4.78, 5) is 0. The number of nitrogens with zero attached hydrogens (tertiary/aromatic N) is 2. The molecule has 1 aromatic carbocycles. The van der Waals surface area contributed by atoms with E-state index in [-0.39, 0.29) is 0 Å². The summed E-state index contributed by atoms with van der Waals surface area (Å²) < 4.78 is 1.84. The van der Waals surface area contributed by atoms with Gasteiger partial charge in [-0.05, 0) is 42.8 Å². The van der Waals surface area contributed by atoms with E-state index in [4.69, 9.17) is 35.4 Å². The number of thiocarbonyl (C=S) groups is 1. The second-order valence-corrected chi connectivity index (χ2v) is 7.30. The van der Waals surface area contributed by atoms with Crippen LogP contribution in [0.2, 0.25) is 10.0 Å². The quantitative estimate of drug-likeness (QED) is 0.740. The molecule has 1 saturated carbocycles. The van der Waals surface area contributed by atoms with Gasteiger partial charge in [-0.1, -0.05) is 48.5 Å². The molecular formula is C17H20Cl2N4S. The van der Waals surface area contributed by atoms with Crippen molar-refractivity contribution in [3.05, 3.63) is 46.1 Å². The number of benzene rings is 1. The third-order valence-corrected chi connectivity index (χ3v) is 5.11. The number of halogens is 2. The summed E-state index contributed by atoms with van der Waals surface area (Å²) in [6.45, 7) is 0.626. The zero-order valence-corrected chi connectivity index (χ0v) is 15.6. The van der Waals surface area contributed by atoms with Crippen LogP contribution in [0, 0.1) is 0 Å². The van der Waals surface area contributed by atoms with Crippen LogP contribution in [0.25, 0.3) is 0 Å². The van der Waals surface area contributed by atoms with Gasteiger partial charge in [-0.15, -0.1) is 0 Å². The SMILES string of the molecule is S=C(Nc1ccn(Cc2ccc(Cl)c(Cl)c2)n1)NC1CCCCC1. The smallest absolute Gasteiger partial charge is 0.172 e. The molecule has 4 nitrogen and oxygen atoms in total. The average molecular weight is 383 g/mol. The Balaban J connectivity index is 1.54. The van der Waals surface area contributed by atoms with Crippen LogP contribution < -0.4 is 10.6 Å². The summed E-state index contributed by atoms with van der Waals surface area (Å²) >= 11 is 17.4. The van der Waals surface area contributed by atoms with Gasteiger partial charge in [0.2, 0.25) is 0 Å². The molecule has 2 N–H and O–H groups in total. The van der Waals surface area contributed by atoms with E-state index in [1.807, 2.05) is 29.1 Å². The van der Waals surface area contributed by atoms with Gasteiger partial charge in [0.05, 0.1) is 16.6 Å². The first-order chi connectivity index (χ1) is 11.6. The number of nitrogens with one attached hydrogen (secondary N) is 2. The van der Waals surface area contributed by atoms with Gasteiger partial charge in [0.1, 0.15) is 0 Å². The first-order valence-corrected chi connectivity index (χ1v) is 9.31. The van der Waals surface area contributed by atoms with Crippen LogP contribution in [0.15, 0.2) is 30.5 Å². The molecule has 7 heteroatoms. The molecule has 24 heavy (non-hydrogen) atoms. The lowest BCUT2D eigenvalue weighted by atomic mass is 9.96. The molecule has 0 atom stereocenters. The monoisotopic (exact) mass is 382 g/mol. The summed E-state index contributed by atoms with van der Waals surface area (Å²) in [6.07, 6.45) is 8.17. The summed E-state index contributed by atoms with van der Waals surface area (Å²) in [5, 5.41) is 12.8. The normalized spacial score (nSPS) is 15.2. The molecule has 0 spiro atoms. The van der Waals surface area contributed by atoms with E-state index in [0.29, 0.717) is 27.7 Å². The fourth-order valence-electron chi connectivity index (χ4n) is 2.93. The Kier molecular flexibility index (Phi) is 5.98. The standard InChI is InChI=1S/C17H20Cl2N4S/c18-14-7-6-12(10-15(14)19)11-23-9-8-16(22-23)21-17(24)20-13-4-2-1-3-5-13/h6-10,13H,1-5,11H2,(H2,20,21,22,24). The first kappa shape index (κ1) is 17.5. The molecule has 0 aliphatic heterocycles. The van der Waals surface area contributed by atoms with Crippen molar-refractivity contribution in [3.63, 3.8) is 0 Å². The maximum Gasteiger partial charge on any atom is 0.172 e. The molecule has 2 aromatic rings. The van der Waals surface area contributed by atoms with Gasteiger partial charge in [-0.3, -0.25) is 4.68 Å². The van der Waals surface area contributed by atoms with Crippen LogP contribution in [0.3, 0.4) is 0 Å². The molecule has 0 saturated heterocycles. The van der Waals surface area contributed by atoms with Crippen molar-refractivity contribution in [2.45, 2.75) is 44.7 Å². The van der Waals surface area contributed by atoms with E-state index < -0.39 is 0 Å². The Morgan fingerprint density at radius 1 is 1.17 bits per heavy atom. The van der Waals surface area contributed by atoms with E-state index in [9.17, 15) is 0 Å². The maximum atomic E-state index is 6.05. The number of hydrogen-bond acceptors (Lipinski definition) is 2. The van der Waals surface area contributed by atoms with Crippen molar-refractivity contribution < 1.29 is 0 Å². The molecule has 0 amide bonds. The highest BCUT2D eigenvalue weighted by Crippen LogP contribution is 2.23. The van der Waals surface area contributed by atoms with Gasteiger partial charge in [0, 0.05) is 18.3 Å². The molecule has 3 rings (SSSR count).